The topological polar surface area (TPSA) is 29.5 Å². The van der Waals surface area contributed by atoms with Crippen LogP contribution in [0, 0.1) is 0 Å². The van der Waals surface area contributed by atoms with Crippen molar-refractivity contribution in [2.45, 2.75) is 25.6 Å². The minimum atomic E-state index is -0.630. The van der Waals surface area contributed by atoms with Gasteiger partial charge in [0.15, 0.2) is 6.29 Å². The third-order valence-electron chi connectivity index (χ3n) is 2.27. The Balaban J connectivity index is 2.40. The van der Waals surface area contributed by atoms with Gasteiger partial charge in [-0.15, -0.1) is 0 Å². The lowest BCUT2D eigenvalue weighted by molar-refractivity contribution is -0.0375. The van der Waals surface area contributed by atoms with Crippen molar-refractivity contribution >= 4 is 0 Å². The number of hydrogen-bond acceptors (Lipinski definition) is 2. The summed E-state index contributed by atoms with van der Waals surface area (Å²) in [6, 6.07) is 7.86. The number of hydrogen-bond donors (Lipinski definition) is 1. The van der Waals surface area contributed by atoms with Gasteiger partial charge in [-0.2, -0.15) is 0 Å². The van der Waals surface area contributed by atoms with Crippen LogP contribution in [-0.2, 0) is 0 Å². The smallest absolute Gasteiger partial charge is 0.197 e. The molecule has 0 fully saturated rings. The maximum Gasteiger partial charge on any atom is 0.197 e. The van der Waals surface area contributed by atoms with Gasteiger partial charge in [-0.05, 0) is 17.5 Å². The van der Waals surface area contributed by atoms with E-state index in [1.807, 2.05) is 24.3 Å². The molecule has 1 aliphatic rings. The maximum absolute atomic E-state index is 9.30. The average molecular weight is 164 g/mol. The van der Waals surface area contributed by atoms with Crippen LogP contribution in [0.3, 0.4) is 0 Å². The summed E-state index contributed by atoms with van der Waals surface area (Å²) in [5.41, 5.74) is 1.20. The zero-order valence-electron chi connectivity index (χ0n) is 7.03. The molecule has 12 heavy (non-hydrogen) atoms. The Morgan fingerprint density at radius 1 is 1.42 bits per heavy atom. The SMILES string of the molecule is CC1CC(O)Oc2ccccc21. The standard InChI is InChI=1S/C10H12O2/c1-7-6-10(11)12-9-5-3-2-4-8(7)9/h2-5,7,10-11H,6H2,1H3. The van der Waals surface area contributed by atoms with E-state index in [2.05, 4.69) is 6.92 Å². The lowest BCUT2D eigenvalue weighted by Crippen LogP contribution is -2.23. The molecule has 1 aromatic carbocycles. The van der Waals surface area contributed by atoms with Crippen LogP contribution in [0.25, 0.3) is 0 Å². The van der Waals surface area contributed by atoms with E-state index >= 15 is 0 Å². The first kappa shape index (κ1) is 7.62. The second-order valence-electron chi connectivity index (χ2n) is 3.25. The van der Waals surface area contributed by atoms with Crippen LogP contribution in [0.5, 0.6) is 5.75 Å². The number of aliphatic hydroxyl groups is 1. The fourth-order valence-corrected chi connectivity index (χ4v) is 1.62. The van der Waals surface area contributed by atoms with E-state index in [0.29, 0.717) is 12.3 Å². The molecule has 2 atom stereocenters. The number of benzene rings is 1. The third kappa shape index (κ3) is 1.18. The normalized spacial score (nSPS) is 27.5. The highest BCUT2D eigenvalue weighted by Gasteiger charge is 2.22. The van der Waals surface area contributed by atoms with Gasteiger partial charge >= 0.3 is 0 Å². The summed E-state index contributed by atoms with van der Waals surface area (Å²) in [4.78, 5) is 0. The van der Waals surface area contributed by atoms with Crippen LogP contribution in [0.15, 0.2) is 24.3 Å². The van der Waals surface area contributed by atoms with E-state index in [9.17, 15) is 5.11 Å². The van der Waals surface area contributed by atoms with Gasteiger partial charge in [0, 0.05) is 6.42 Å². The van der Waals surface area contributed by atoms with E-state index in [1.165, 1.54) is 5.56 Å². The van der Waals surface area contributed by atoms with Gasteiger partial charge in [-0.3, -0.25) is 0 Å². The Morgan fingerprint density at radius 2 is 2.17 bits per heavy atom. The molecule has 0 aromatic heterocycles. The number of fused-ring (bicyclic) bond motifs is 1. The molecule has 0 amide bonds. The summed E-state index contributed by atoms with van der Waals surface area (Å²) in [5.74, 6) is 1.22. The van der Waals surface area contributed by atoms with Crippen LogP contribution in [0.1, 0.15) is 24.8 Å². The van der Waals surface area contributed by atoms with Gasteiger partial charge in [-0.25, -0.2) is 0 Å². The van der Waals surface area contributed by atoms with E-state index in [1.54, 1.807) is 0 Å². The molecule has 2 heteroatoms. The van der Waals surface area contributed by atoms with Gasteiger partial charge in [0.25, 0.3) is 0 Å². The van der Waals surface area contributed by atoms with E-state index in [4.69, 9.17) is 4.74 Å². The van der Waals surface area contributed by atoms with Crippen LogP contribution in [0.4, 0.5) is 0 Å². The molecule has 0 spiro atoms. The average Bonchev–Trinajstić information content (AvgIpc) is 2.04. The van der Waals surface area contributed by atoms with Crippen LogP contribution < -0.4 is 4.74 Å². The van der Waals surface area contributed by atoms with Crippen LogP contribution in [-0.4, -0.2) is 11.4 Å². The molecule has 1 N–H and O–H groups in total. The zero-order chi connectivity index (χ0) is 8.55. The molecule has 0 aliphatic carbocycles. The highest BCUT2D eigenvalue weighted by atomic mass is 16.6. The monoisotopic (exact) mass is 164 g/mol. The first-order chi connectivity index (χ1) is 5.77. The molecule has 2 rings (SSSR count). The third-order valence-corrected chi connectivity index (χ3v) is 2.27. The predicted octanol–water partition coefficient (Wildman–Crippen LogP) is 1.89. The fraction of sp³-hybridized carbons (Fsp3) is 0.400. The summed E-state index contributed by atoms with van der Waals surface area (Å²) in [5, 5.41) is 9.30. The molecule has 1 aromatic rings. The molecule has 0 saturated heterocycles. The van der Waals surface area contributed by atoms with Gasteiger partial charge in [0.1, 0.15) is 5.75 Å². The number of aliphatic hydroxyl groups excluding tert-OH is 1. The number of ether oxygens (including phenoxy) is 1. The molecule has 1 heterocycles. The van der Waals surface area contributed by atoms with E-state index in [0.717, 1.165) is 5.75 Å². The predicted molar refractivity (Wildman–Crippen MR) is 46.1 cm³/mol. The Labute approximate surface area is 71.8 Å². The van der Waals surface area contributed by atoms with Crippen molar-refractivity contribution in [3.8, 4) is 5.75 Å². The molecular formula is C10H12O2. The Bertz CT molecular complexity index is 283. The van der Waals surface area contributed by atoms with Crippen LogP contribution >= 0.6 is 0 Å². The van der Waals surface area contributed by atoms with Crippen molar-refractivity contribution in [3.05, 3.63) is 29.8 Å². The van der Waals surface area contributed by atoms with Crippen LogP contribution in [0.2, 0.25) is 0 Å². The van der Waals surface area contributed by atoms with Crippen molar-refractivity contribution in [2.24, 2.45) is 0 Å². The summed E-state index contributed by atoms with van der Waals surface area (Å²) >= 11 is 0. The quantitative estimate of drug-likeness (QED) is 0.634. The highest BCUT2D eigenvalue weighted by Crippen LogP contribution is 2.34. The highest BCUT2D eigenvalue weighted by molar-refractivity contribution is 5.37. The first-order valence-electron chi connectivity index (χ1n) is 4.21. The first-order valence-corrected chi connectivity index (χ1v) is 4.21. The number of para-hydroxylation sites is 1. The van der Waals surface area contributed by atoms with Crippen molar-refractivity contribution < 1.29 is 9.84 Å². The zero-order valence-corrected chi connectivity index (χ0v) is 7.03. The van der Waals surface area contributed by atoms with Crippen molar-refractivity contribution in [2.75, 3.05) is 0 Å². The molecule has 0 radical (unpaired) electrons. The molecule has 64 valence electrons. The van der Waals surface area contributed by atoms with E-state index in [-0.39, 0.29) is 0 Å². The summed E-state index contributed by atoms with van der Waals surface area (Å²) in [6.07, 6.45) is 0.0618. The van der Waals surface area contributed by atoms with Crippen molar-refractivity contribution in [3.63, 3.8) is 0 Å². The molecule has 0 saturated carbocycles. The van der Waals surface area contributed by atoms with Crippen molar-refractivity contribution in [1.29, 1.82) is 0 Å². The van der Waals surface area contributed by atoms with Gasteiger partial charge in [-0.1, -0.05) is 25.1 Å². The molecule has 1 aliphatic heterocycles. The molecular weight excluding hydrogens is 152 g/mol. The second kappa shape index (κ2) is 2.79. The summed E-state index contributed by atoms with van der Waals surface area (Å²) < 4.78 is 5.26. The Kier molecular flexibility index (Phi) is 1.77. The Hall–Kier alpha value is -1.02. The van der Waals surface area contributed by atoms with E-state index < -0.39 is 6.29 Å². The van der Waals surface area contributed by atoms with Gasteiger partial charge in [0.05, 0.1) is 0 Å². The lowest BCUT2D eigenvalue weighted by Gasteiger charge is -2.26. The summed E-state index contributed by atoms with van der Waals surface area (Å²) in [7, 11) is 0. The molecule has 2 unspecified atom stereocenters. The second-order valence-corrected chi connectivity index (χ2v) is 3.25. The minimum absolute atomic E-state index is 0.393. The largest absolute Gasteiger partial charge is 0.465 e. The maximum atomic E-state index is 9.30. The van der Waals surface area contributed by atoms with Crippen molar-refractivity contribution in [1.82, 2.24) is 0 Å². The van der Waals surface area contributed by atoms with Gasteiger partial charge < -0.3 is 9.84 Å². The molecule has 0 bridgehead atoms. The minimum Gasteiger partial charge on any atom is -0.465 e. The molecule has 2 nitrogen and oxygen atoms in total. The van der Waals surface area contributed by atoms with Gasteiger partial charge in [0.2, 0.25) is 0 Å². The summed E-state index contributed by atoms with van der Waals surface area (Å²) in [6.45, 7) is 2.10. The fourth-order valence-electron chi connectivity index (χ4n) is 1.62. The lowest BCUT2D eigenvalue weighted by atomic mass is 9.94. The number of rotatable bonds is 0. The Morgan fingerprint density at radius 3 is 3.00 bits per heavy atom.